The molecule has 3 fully saturated rings. The summed E-state index contributed by atoms with van der Waals surface area (Å²) in [6.07, 6.45) is 1.65. The lowest BCUT2D eigenvalue weighted by Crippen LogP contribution is -2.53. The molecule has 60 heavy (non-hydrogen) atoms. The molecule has 2 N–H and O–H groups in total. The maximum absolute atomic E-state index is 15.4. The molecule has 16 nitrogen and oxygen atoms in total. The van der Waals surface area contributed by atoms with Crippen molar-refractivity contribution in [2.24, 2.45) is 23.7 Å². The number of nitro groups is 2. The average molecular weight is 839 g/mol. The van der Waals surface area contributed by atoms with E-state index in [2.05, 4.69) is 5.43 Å². The van der Waals surface area contributed by atoms with Crippen LogP contribution in [0.5, 0.6) is 5.75 Å². The third-order valence-corrected chi connectivity index (χ3v) is 12.2. The van der Waals surface area contributed by atoms with Gasteiger partial charge in [-0.1, -0.05) is 53.6 Å². The number of benzene rings is 4. The van der Waals surface area contributed by atoms with Crippen molar-refractivity contribution in [2.45, 2.75) is 24.2 Å². The number of nitrogens with zero attached hydrogens (tertiary/aromatic N) is 5. The molecule has 0 unspecified atom stereocenters. The number of anilines is 3. The second-order valence-corrected chi connectivity index (χ2v) is 15.7. The SMILES string of the molecule is CN(C)c1c([N+](=O)[O-])cc(N2C(=O)[C@H]3[C@H](CC=C4[C@H]3C[C@H]3C(=O)N(Nc5ccc(F)cc5)C(=O)[C@@]3(c3ccc(Cl)cc3)[C@H]4c3ccccc3OCCO)C2=O)cc1[N+](=O)[O-]. The van der Waals surface area contributed by atoms with Gasteiger partial charge < -0.3 is 14.7 Å². The van der Waals surface area contributed by atoms with Crippen molar-refractivity contribution < 1.29 is 43.3 Å². The highest BCUT2D eigenvalue weighted by Crippen LogP contribution is 2.65. The fraction of sp³-hybridized carbons (Fsp3) is 0.286. The van der Waals surface area contributed by atoms with Crippen LogP contribution in [0.4, 0.5) is 32.8 Å². The topological polar surface area (TPSA) is 206 Å². The van der Waals surface area contributed by atoms with E-state index in [1.807, 2.05) is 0 Å². The predicted octanol–water partition coefficient (Wildman–Crippen LogP) is 5.92. The zero-order valence-electron chi connectivity index (χ0n) is 32.0. The van der Waals surface area contributed by atoms with Crippen molar-refractivity contribution >= 4 is 63.7 Å². The van der Waals surface area contributed by atoms with Crippen molar-refractivity contribution in [3.05, 3.63) is 139 Å². The number of hydrazine groups is 1. The lowest BCUT2D eigenvalue weighted by atomic mass is 9.49. The molecule has 6 atom stereocenters. The highest BCUT2D eigenvalue weighted by atomic mass is 35.5. The van der Waals surface area contributed by atoms with Crippen LogP contribution in [0.15, 0.2) is 96.6 Å². The number of aliphatic hydroxyl groups excluding tert-OH is 1. The Hall–Kier alpha value is -6.72. The van der Waals surface area contributed by atoms with Crippen LogP contribution in [0, 0.1) is 49.7 Å². The summed E-state index contributed by atoms with van der Waals surface area (Å²) >= 11 is 6.37. The van der Waals surface area contributed by atoms with Gasteiger partial charge in [0, 0.05) is 42.7 Å². The number of amides is 4. The fourth-order valence-corrected chi connectivity index (χ4v) is 9.84. The minimum atomic E-state index is -1.73. The number of para-hydroxylation sites is 1. The molecule has 2 heterocycles. The van der Waals surface area contributed by atoms with Crippen molar-refractivity contribution in [3.63, 3.8) is 0 Å². The molecule has 1 saturated carbocycles. The Bertz CT molecular complexity index is 2480. The van der Waals surface area contributed by atoms with Crippen LogP contribution < -0.4 is 20.0 Å². The van der Waals surface area contributed by atoms with Crippen LogP contribution in [0.1, 0.15) is 29.9 Å². The molecule has 18 heteroatoms. The first-order valence-corrected chi connectivity index (χ1v) is 19.3. The number of fused-ring (bicyclic) bond motifs is 4. The number of hydrogen-bond acceptors (Lipinski definition) is 12. The molecule has 2 saturated heterocycles. The second kappa shape index (κ2) is 15.1. The lowest BCUT2D eigenvalue weighted by Gasteiger charge is -2.50. The molecule has 2 aliphatic carbocycles. The van der Waals surface area contributed by atoms with Gasteiger partial charge in [-0.3, -0.25) is 44.8 Å². The van der Waals surface area contributed by atoms with Gasteiger partial charge in [0.1, 0.15) is 18.2 Å². The van der Waals surface area contributed by atoms with Crippen molar-refractivity contribution in [3.8, 4) is 5.75 Å². The molecule has 0 bridgehead atoms. The van der Waals surface area contributed by atoms with E-state index in [0.717, 1.165) is 34.2 Å². The van der Waals surface area contributed by atoms with Crippen LogP contribution >= 0.6 is 11.6 Å². The average Bonchev–Trinajstić information content (AvgIpc) is 3.61. The Morgan fingerprint density at radius 3 is 2.18 bits per heavy atom. The number of nitrogens with one attached hydrogen (secondary N) is 1. The standard InChI is InChI=1S/C42H36ClFN6O10/c1-46(2)37-32(49(56)57)19-26(20-33(37)50(58)59)47-38(52)29-16-15-27-30(35(29)40(47)54)21-31-39(53)48(45-25-13-11-24(44)12-14-25)41(55)42(31,22-7-9-23(43)10-8-22)36(27)28-5-3-4-6-34(28)60-18-17-51/h3-15,19-20,29-31,35-36,45,51H,16-18,21H2,1-2H3/t29-,30+,31-,35-,36+,42+/m0/s1. The summed E-state index contributed by atoms with van der Waals surface area (Å²) in [7, 11) is 2.79. The molecule has 4 aromatic rings. The minimum absolute atomic E-state index is 0.0191. The quantitative estimate of drug-likeness (QED) is 0.0782. The number of aliphatic hydroxyl groups is 1. The Morgan fingerprint density at radius 2 is 1.57 bits per heavy atom. The van der Waals surface area contributed by atoms with Crippen molar-refractivity contribution in [1.29, 1.82) is 0 Å². The molecule has 4 aliphatic rings. The molecular weight excluding hydrogens is 803 g/mol. The van der Waals surface area contributed by atoms with E-state index in [1.54, 1.807) is 54.6 Å². The molecule has 0 aromatic heterocycles. The zero-order valence-corrected chi connectivity index (χ0v) is 32.7. The van der Waals surface area contributed by atoms with Gasteiger partial charge in [0.15, 0.2) is 5.69 Å². The summed E-state index contributed by atoms with van der Waals surface area (Å²) in [4.78, 5) is 84.4. The van der Waals surface area contributed by atoms with Crippen LogP contribution in [0.25, 0.3) is 0 Å². The number of ether oxygens (including phenoxy) is 1. The van der Waals surface area contributed by atoms with Gasteiger partial charge in [-0.05, 0) is 66.8 Å². The largest absolute Gasteiger partial charge is 0.491 e. The van der Waals surface area contributed by atoms with Crippen molar-refractivity contribution in [2.75, 3.05) is 42.5 Å². The number of carbonyl (C=O) groups excluding carboxylic acids is 4. The highest BCUT2D eigenvalue weighted by Gasteiger charge is 2.70. The summed E-state index contributed by atoms with van der Waals surface area (Å²) in [5.41, 5.74) is 0.752. The van der Waals surface area contributed by atoms with Gasteiger partial charge in [0.2, 0.25) is 11.8 Å². The van der Waals surface area contributed by atoms with Crippen LogP contribution in [-0.2, 0) is 24.6 Å². The van der Waals surface area contributed by atoms with E-state index in [0.29, 0.717) is 21.7 Å². The predicted molar refractivity (Wildman–Crippen MR) is 215 cm³/mol. The first-order valence-electron chi connectivity index (χ1n) is 18.9. The number of allylic oxidation sites excluding steroid dienone is 2. The maximum atomic E-state index is 15.4. The summed E-state index contributed by atoms with van der Waals surface area (Å²) in [6.45, 7) is -0.462. The molecule has 8 rings (SSSR count). The van der Waals surface area contributed by atoms with E-state index in [1.165, 1.54) is 31.1 Å². The number of hydrogen-bond donors (Lipinski definition) is 2. The summed E-state index contributed by atoms with van der Waals surface area (Å²) in [5, 5.41) is 35.5. The van der Waals surface area contributed by atoms with Gasteiger partial charge in [0.25, 0.3) is 11.8 Å². The molecule has 0 spiro atoms. The minimum Gasteiger partial charge on any atom is -0.491 e. The third-order valence-electron chi connectivity index (χ3n) is 12.0. The third kappa shape index (κ3) is 6.14. The fourth-order valence-electron chi connectivity index (χ4n) is 9.72. The van der Waals surface area contributed by atoms with Gasteiger partial charge in [-0.25, -0.2) is 9.29 Å². The van der Waals surface area contributed by atoms with Gasteiger partial charge >= 0.3 is 11.4 Å². The Kier molecular flexibility index (Phi) is 10.1. The zero-order chi connectivity index (χ0) is 42.8. The number of halogens is 2. The lowest BCUT2D eigenvalue weighted by molar-refractivity contribution is -0.392. The summed E-state index contributed by atoms with van der Waals surface area (Å²) in [5.74, 6) is -8.38. The summed E-state index contributed by atoms with van der Waals surface area (Å²) in [6, 6.07) is 20.3. The Morgan fingerprint density at radius 1 is 0.917 bits per heavy atom. The Balaban J connectivity index is 1.32. The number of imide groups is 2. The first-order chi connectivity index (χ1) is 28.7. The second-order valence-electron chi connectivity index (χ2n) is 15.2. The monoisotopic (exact) mass is 838 g/mol. The molecule has 4 aromatic carbocycles. The van der Waals surface area contributed by atoms with E-state index < -0.39 is 85.7 Å². The normalized spacial score (nSPS) is 24.4. The molecule has 4 amide bonds. The van der Waals surface area contributed by atoms with E-state index in [-0.39, 0.29) is 48.9 Å². The molecule has 2 aliphatic heterocycles. The number of rotatable bonds is 11. The molecule has 308 valence electrons. The summed E-state index contributed by atoms with van der Waals surface area (Å²) < 4.78 is 20.0. The first kappa shape index (κ1) is 40.1. The smallest absolute Gasteiger partial charge is 0.301 e. The van der Waals surface area contributed by atoms with Gasteiger partial charge in [-0.15, -0.1) is 0 Å². The van der Waals surface area contributed by atoms with Gasteiger partial charge in [-0.2, -0.15) is 5.01 Å². The van der Waals surface area contributed by atoms with Crippen molar-refractivity contribution in [1.82, 2.24) is 5.01 Å². The van der Waals surface area contributed by atoms with E-state index >= 15 is 4.79 Å². The maximum Gasteiger partial charge on any atom is 0.301 e. The highest BCUT2D eigenvalue weighted by molar-refractivity contribution is 6.30. The van der Waals surface area contributed by atoms with E-state index in [9.17, 15) is 44.1 Å². The van der Waals surface area contributed by atoms with Gasteiger partial charge in [0.05, 0.1) is 51.0 Å². The van der Waals surface area contributed by atoms with Crippen LogP contribution in [0.2, 0.25) is 5.02 Å². The molecular formula is C42H36ClFN6O10. The number of carbonyl (C=O) groups is 4. The van der Waals surface area contributed by atoms with Crippen LogP contribution in [-0.4, -0.2) is 70.9 Å². The number of nitro benzene ring substituents is 2. The van der Waals surface area contributed by atoms with Crippen LogP contribution in [0.3, 0.4) is 0 Å². The molecule has 0 radical (unpaired) electrons. The van der Waals surface area contributed by atoms with E-state index in [4.69, 9.17) is 16.3 Å². The Labute approximate surface area is 346 Å².